The van der Waals surface area contributed by atoms with Crippen LogP contribution in [0.3, 0.4) is 0 Å². The van der Waals surface area contributed by atoms with E-state index < -0.39 is 17.9 Å². The zero-order valence-corrected chi connectivity index (χ0v) is 11.1. The third kappa shape index (κ3) is 3.00. The van der Waals surface area contributed by atoms with Gasteiger partial charge in [0.05, 0.1) is 30.8 Å². The van der Waals surface area contributed by atoms with E-state index in [0.29, 0.717) is 5.56 Å². The second kappa shape index (κ2) is 5.96. The van der Waals surface area contributed by atoms with Gasteiger partial charge in [0.1, 0.15) is 6.04 Å². The van der Waals surface area contributed by atoms with Gasteiger partial charge in [-0.1, -0.05) is 0 Å². The van der Waals surface area contributed by atoms with Crippen molar-refractivity contribution in [1.29, 1.82) is 0 Å². The Balaban J connectivity index is 2.09. The Bertz CT molecular complexity index is 609. The molecule has 7 heteroatoms. The number of nitrogens with one attached hydrogen (secondary N) is 1. The summed E-state index contributed by atoms with van der Waals surface area (Å²) in [5, 5.41) is 6.61. The second-order valence-electron chi connectivity index (χ2n) is 4.10. The highest BCUT2D eigenvalue weighted by molar-refractivity contribution is 5.96. The Hall–Kier alpha value is -2.70. The van der Waals surface area contributed by atoms with Crippen molar-refractivity contribution in [3.8, 4) is 5.69 Å². The summed E-state index contributed by atoms with van der Waals surface area (Å²) in [7, 11) is 1.27. The minimum atomic E-state index is -0.714. The number of nitrogens with zero attached hydrogens (tertiary/aromatic N) is 3. The summed E-state index contributed by atoms with van der Waals surface area (Å²) in [5.74, 6) is -0.893. The van der Waals surface area contributed by atoms with Crippen LogP contribution in [0.2, 0.25) is 0 Å². The predicted octanol–water partition coefficient (Wildman–Crippen LogP) is 0.559. The molecule has 0 spiro atoms. The quantitative estimate of drug-likeness (QED) is 0.823. The van der Waals surface area contributed by atoms with E-state index in [1.54, 1.807) is 31.6 Å². The van der Waals surface area contributed by atoms with Gasteiger partial charge in [0.25, 0.3) is 5.91 Å². The number of rotatable bonds is 4. The van der Waals surface area contributed by atoms with E-state index in [9.17, 15) is 9.59 Å². The molecule has 1 atom stereocenters. The van der Waals surface area contributed by atoms with E-state index in [2.05, 4.69) is 20.1 Å². The Morgan fingerprint density at radius 1 is 1.40 bits per heavy atom. The third-order valence-electron chi connectivity index (χ3n) is 2.66. The molecule has 0 radical (unpaired) electrons. The van der Waals surface area contributed by atoms with Gasteiger partial charge in [0.2, 0.25) is 0 Å². The number of hydrogen-bond donors (Lipinski definition) is 1. The number of ether oxygens (including phenoxy) is 1. The standard InChI is InChI=1S/C13H14N4O3/c1-9(13(19)20-2)16-12(18)10-6-15-17(8-10)11-4-3-5-14-7-11/h3-9H,1-2H3,(H,16,18). The molecule has 0 saturated heterocycles. The first-order valence-electron chi connectivity index (χ1n) is 5.95. The molecule has 20 heavy (non-hydrogen) atoms. The molecule has 2 aromatic heterocycles. The van der Waals surface area contributed by atoms with Crippen molar-refractivity contribution < 1.29 is 14.3 Å². The van der Waals surface area contributed by atoms with Crippen LogP contribution in [-0.2, 0) is 9.53 Å². The summed E-state index contributed by atoms with van der Waals surface area (Å²) >= 11 is 0. The maximum atomic E-state index is 11.9. The minimum absolute atomic E-state index is 0.351. The first kappa shape index (κ1) is 13.7. The summed E-state index contributed by atoms with van der Waals surface area (Å²) in [6, 6.07) is 2.88. The predicted molar refractivity (Wildman–Crippen MR) is 70.3 cm³/mol. The minimum Gasteiger partial charge on any atom is -0.467 e. The Morgan fingerprint density at radius 3 is 2.85 bits per heavy atom. The van der Waals surface area contributed by atoms with E-state index >= 15 is 0 Å². The Morgan fingerprint density at radius 2 is 2.20 bits per heavy atom. The summed E-state index contributed by atoms with van der Waals surface area (Å²) < 4.78 is 6.07. The monoisotopic (exact) mass is 274 g/mol. The molecular formula is C13H14N4O3. The van der Waals surface area contributed by atoms with Gasteiger partial charge in [0, 0.05) is 12.4 Å². The van der Waals surface area contributed by atoms with Crippen LogP contribution in [-0.4, -0.2) is 39.8 Å². The summed E-state index contributed by atoms with van der Waals surface area (Å²) in [4.78, 5) is 27.1. The molecule has 0 aliphatic heterocycles. The van der Waals surface area contributed by atoms with Crippen LogP contribution in [0.1, 0.15) is 17.3 Å². The SMILES string of the molecule is COC(=O)C(C)NC(=O)c1cnn(-c2cccnc2)c1. The van der Waals surface area contributed by atoms with Crippen molar-refractivity contribution in [2.24, 2.45) is 0 Å². The van der Waals surface area contributed by atoms with Crippen molar-refractivity contribution in [2.75, 3.05) is 7.11 Å². The van der Waals surface area contributed by atoms with Gasteiger partial charge < -0.3 is 10.1 Å². The topological polar surface area (TPSA) is 86.1 Å². The number of methoxy groups -OCH3 is 1. The zero-order chi connectivity index (χ0) is 14.5. The fourth-order valence-electron chi connectivity index (χ4n) is 1.59. The molecule has 2 rings (SSSR count). The number of carbonyl (C=O) groups is 2. The van der Waals surface area contributed by atoms with Gasteiger partial charge in [-0.3, -0.25) is 9.78 Å². The molecule has 1 N–H and O–H groups in total. The second-order valence-corrected chi connectivity index (χ2v) is 4.10. The van der Waals surface area contributed by atoms with E-state index in [0.717, 1.165) is 5.69 Å². The molecule has 0 aliphatic carbocycles. The van der Waals surface area contributed by atoms with Gasteiger partial charge in [-0.15, -0.1) is 0 Å². The number of aromatic nitrogens is 3. The van der Waals surface area contributed by atoms with Crippen LogP contribution < -0.4 is 5.32 Å². The fourth-order valence-corrected chi connectivity index (χ4v) is 1.59. The first-order chi connectivity index (χ1) is 9.61. The lowest BCUT2D eigenvalue weighted by Gasteiger charge is -2.10. The van der Waals surface area contributed by atoms with Gasteiger partial charge >= 0.3 is 5.97 Å². The maximum Gasteiger partial charge on any atom is 0.328 e. The third-order valence-corrected chi connectivity index (χ3v) is 2.66. The van der Waals surface area contributed by atoms with E-state index in [1.165, 1.54) is 18.0 Å². The van der Waals surface area contributed by atoms with Crippen LogP contribution in [0.5, 0.6) is 0 Å². The highest BCUT2D eigenvalue weighted by Gasteiger charge is 2.18. The summed E-state index contributed by atoms with van der Waals surface area (Å²) in [6.07, 6.45) is 6.27. The van der Waals surface area contributed by atoms with Crippen molar-refractivity contribution in [1.82, 2.24) is 20.1 Å². The highest BCUT2D eigenvalue weighted by Crippen LogP contribution is 2.06. The number of carbonyl (C=O) groups excluding carboxylic acids is 2. The van der Waals surface area contributed by atoms with Crippen molar-refractivity contribution in [2.45, 2.75) is 13.0 Å². The highest BCUT2D eigenvalue weighted by atomic mass is 16.5. The van der Waals surface area contributed by atoms with Crippen LogP contribution in [0.4, 0.5) is 0 Å². The smallest absolute Gasteiger partial charge is 0.328 e. The molecule has 104 valence electrons. The number of hydrogen-bond acceptors (Lipinski definition) is 5. The molecule has 1 amide bonds. The van der Waals surface area contributed by atoms with Crippen molar-refractivity contribution >= 4 is 11.9 Å². The van der Waals surface area contributed by atoms with Crippen LogP contribution in [0.15, 0.2) is 36.9 Å². The van der Waals surface area contributed by atoms with Crippen LogP contribution in [0.25, 0.3) is 5.69 Å². The lowest BCUT2D eigenvalue weighted by atomic mass is 10.3. The normalized spacial score (nSPS) is 11.7. The van der Waals surface area contributed by atoms with Crippen molar-refractivity contribution in [3.63, 3.8) is 0 Å². The number of amides is 1. The lowest BCUT2D eigenvalue weighted by Crippen LogP contribution is -2.39. The largest absolute Gasteiger partial charge is 0.467 e. The molecule has 2 aromatic rings. The van der Waals surface area contributed by atoms with Crippen molar-refractivity contribution in [3.05, 3.63) is 42.5 Å². The van der Waals surface area contributed by atoms with E-state index in [4.69, 9.17) is 0 Å². The zero-order valence-electron chi connectivity index (χ0n) is 11.1. The van der Waals surface area contributed by atoms with Crippen LogP contribution >= 0.6 is 0 Å². The molecule has 7 nitrogen and oxygen atoms in total. The van der Waals surface area contributed by atoms with Gasteiger partial charge in [0.15, 0.2) is 0 Å². The molecule has 2 heterocycles. The van der Waals surface area contributed by atoms with E-state index in [-0.39, 0.29) is 0 Å². The molecule has 0 bridgehead atoms. The van der Waals surface area contributed by atoms with Gasteiger partial charge in [-0.25, -0.2) is 9.48 Å². The average Bonchev–Trinajstić information content (AvgIpc) is 2.97. The first-order valence-corrected chi connectivity index (χ1v) is 5.95. The Labute approximate surface area is 115 Å². The molecule has 0 aromatic carbocycles. The molecule has 0 fully saturated rings. The molecule has 0 aliphatic rings. The summed E-state index contributed by atoms with van der Waals surface area (Å²) in [5.41, 5.74) is 1.09. The van der Waals surface area contributed by atoms with E-state index in [1.807, 2.05) is 6.07 Å². The lowest BCUT2D eigenvalue weighted by molar-refractivity contribution is -0.142. The number of pyridine rings is 1. The fraction of sp³-hybridized carbons (Fsp3) is 0.231. The van der Waals surface area contributed by atoms with Crippen LogP contribution in [0, 0.1) is 0 Å². The average molecular weight is 274 g/mol. The maximum absolute atomic E-state index is 11.9. The molecule has 0 saturated carbocycles. The number of esters is 1. The van der Waals surface area contributed by atoms with Gasteiger partial charge in [-0.05, 0) is 19.1 Å². The molecule has 1 unspecified atom stereocenters. The Kier molecular flexibility index (Phi) is 4.09. The van der Waals surface area contributed by atoms with Gasteiger partial charge in [-0.2, -0.15) is 5.10 Å². The summed E-state index contributed by atoms with van der Waals surface area (Å²) in [6.45, 7) is 1.55. The molecular weight excluding hydrogens is 260 g/mol.